The molecule has 3 aliphatic rings. The van der Waals surface area contributed by atoms with E-state index < -0.39 is 10.8 Å². The van der Waals surface area contributed by atoms with Crippen LogP contribution in [0.15, 0.2) is 67.3 Å². The number of fused-ring (bicyclic) bond motifs is 1. The molecule has 1 saturated carbocycles. The van der Waals surface area contributed by atoms with Crippen LogP contribution in [0.3, 0.4) is 0 Å². The van der Waals surface area contributed by atoms with Crippen LogP contribution in [0.2, 0.25) is 0 Å². The molecule has 1 saturated heterocycles. The Morgan fingerprint density at radius 1 is 1.07 bits per heavy atom. The molecule has 0 radical (unpaired) electrons. The van der Waals surface area contributed by atoms with Crippen LogP contribution in [0.4, 0.5) is 5.69 Å². The van der Waals surface area contributed by atoms with Crippen molar-refractivity contribution in [2.75, 3.05) is 18.0 Å². The zero-order valence-corrected chi connectivity index (χ0v) is 16.1. The lowest BCUT2D eigenvalue weighted by atomic mass is 9.41. The summed E-state index contributed by atoms with van der Waals surface area (Å²) in [5.41, 5.74) is 1.57. The van der Waals surface area contributed by atoms with Gasteiger partial charge in [-0.3, -0.25) is 9.59 Å². The molecular weight excluding hydrogens is 348 g/mol. The molecule has 2 aromatic rings. The second-order valence-electron chi connectivity index (χ2n) is 8.43. The van der Waals surface area contributed by atoms with Crippen LogP contribution in [0.25, 0.3) is 0 Å². The highest BCUT2D eigenvalue weighted by Crippen LogP contribution is 2.69. The molecule has 5 rings (SSSR count). The third kappa shape index (κ3) is 1.90. The quantitative estimate of drug-likeness (QED) is 0.771. The minimum atomic E-state index is -0.725. The van der Waals surface area contributed by atoms with Gasteiger partial charge < -0.3 is 9.80 Å². The first-order valence-electron chi connectivity index (χ1n) is 9.89. The maximum atomic E-state index is 13.8. The molecule has 4 heteroatoms. The molecule has 28 heavy (non-hydrogen) atoms. The largest absolute Gasteiger partial charge is 0.338 e. The number of carbonyl (C=O) groups excluding carboxylic acids is 2. The van der Waals surface area contributed by atoms with E-state index in [1.807, 2.05) is 65.3 Å². The first kappa shape index (κ1) is 17.2. The number of benzene rings is 2. The topological polar surface area (TPSA) is 40.6 Å². The Morgan fingerprint density at radius 2 is 1.79 bits per heavy atom. The fourth-order valence-electron chi connectivity index (χ4n) is 5.91. The lowest BCUT2D eigenvalue weighted by Gasteiger charge is -2.61. The summed E-state index contributed by atoms with van der Waals surface area (Å²) >= 11 is 0. The van der Waals surface area contributed by atoms with Crippen molar-refractivity contribution in [2.45, 2.75) is 25.3 Å². The molecule has 2 aliphatic heterocycles. The normalized spacial score (nSPS) is 30.4. The molecule has 4 nitrogen and oxygen atoms in total. The number of likely N-dealkylation sites (tertiary alicyclic amines) is 1. The molecule has 2 amide bonds. The molecule has 0 N–H and O–H groups in total. The molecule has 2 aromatic carbocycles. The van der Waals surface area contributed by atoms with Crippen LogP contribution in [0.1, 0.15) is 24.5 Å². The summed E-state index contributed by atoms with van der Waals surface area (Å²) in [6, 6.07) is 18.0. The first-order valence-corrected chi connectivity index (χ1v) is 9.89. The van der Waals surface area contributed by atoms with Crippen molar-refractivity contribution in [1.82, 2.24) is 4.90 Å². The summed E-state index contributed by atoms with van der Waals surface area (Å²) in [5, 5.41) is 0. The highest BCUT2D eigenvalue weighted by Gasteiger charge is 2.77. The van der Waals surface area contributed by atoms with E-state index in [2.05, 4.69) is 12.6 Å². The molecular formula is C24H24N2O2. The van der Waals surface area contributed by atoms with Crippen LogP contribution in [0.5, 0.6) is 0 Å². The van der Waals surface area contributed by atoms with E-state index in [1.165, 1.54) is 0 Å². The van der Waals surface area contributed by atoms with Gasteiger partial charge >= 0.3 is 0 Å². The summed E-state index contributed by atoms with van der Waals surface area (Å²) in [6.07, 6.45) is 2.53. The minimum Gasteiger partial charge on any atom is -0.338 e. The van der Waals surface area contributed by atoms with E-state index >= 15 is 0 Å². The van der Waals surface area contributed by atoms with Crippen LogP contribution in [-0.2, 0) is 21.5 Å². The van der Waals surface area contributed by atoms with Crippen molar-refractivity contribution in [2.24, 2.45) is 11.3 Å². The van der Waals surface area contributed by atoms with E-state index in [9.17, 15) is 9.59 Å². The second kappa shape index (κ2) is 5.81. The number of amides is 2. The van der Waals surface area contributed by atoms with Gasteiger partial charge in [0.25, 0.3) is 0 Å². The van der Waals surface area contributed by atoms with E-state index in [-0.39, 0.29) is 17.7 Å². The van der Waals surface area contributed by atoms with Gasteiger partial charge in [-0.25, -0.2) is 0 Å². The van der Waals surface area contributed by atoms with Crippen molar-refractivity contribution < 1.29 is 9.59 Å². The maximum Gasteiger partial charge on any atom is 0.235 e. The fraction of sp³-hybridized carbons (Fsp3) is 0.333. The predicted molar refractivity (Wildman–Crippen MR) is 109 cm³/mol. The summed E-state index contributed by atoms with van der Waals surface area (Å²) in [5.74, 6) is 0.348. The third-order valence-electron chi connectivity index (χ3n) is 7.07. The zero-order valence-electron chi connectivity index (χ0n) is 16.1. The van der Waals surface area contributed by atoms with Gasteiger partial charge in [-0.1, -0.05) is 54.6 Å². The molecule has 142 valence electrons. The summed E-state index contributed by atoms with van der Waals surface area (Å²) < 4.78 is 0. The van der Waals surface area contributed by atoms with Gasteiger partial charge in [-0.15, -0.1) is 6.58 Å². The van der Waals surface area contributed by atoms with Gasteiger partial charge in [0.05, 0.1) is 17.4 Å². The predicted octanol–water partition coefficient (Wildman–Crippen LogP) is 3.53. The number of nitrogens with zero attached hydrogens (tertiary/aromatic N) is 2. The number of hydrogen-bond acceptors (Lipinski definition) is 2. The van der Waals surface area contributed by atoms with E-state index in [0.717, 1.165) is 23.2 Å². The fourth-order valence-corrected chi connectivity index (χ4v) is 5.91. The number of hydrogen-bond donors (Lipinski definition) is 0. The number of carbonyl (C=O) groups is 2. The number of para-hydroxylation sites is 1. The Labute approximate surface area is 165 Å². The van der Waals surface area contributed by atoms with Crippen LogP contribution >= 0.6 is 0 Å². The SMILES string of the molecule is C=CCN1CC2CC3(C)C(=O)N(Cc4ccccc4)c4ccccc4C23C1=O. The van der Waals surface area contributed by atoms with Gasteiger partial charge in [0.1, 0.15) is 0 Å². The van der Waals surface area contributed by atoms with Gasteiger partial charge in [-0.05, 0) is 36.5 Å². The van der Waals surface area contributed by atoms with Crippen molar-refractivity contribution in [1.29, 1.82) is 0 Å². The van der Waals surface area contributed by atoms with Crippen molar-refractivity contribution >= 4 is 17.5 Å². The Balaban J connectivity index is 1.66. The molecule has 1 spiro atoms. The van der Waals surface area contributed by atoms with Gasteiger partial charge in [-0.2, -0.15) is 0 Å². The van der Waals surface area contributed by atoms with Gasteiger partial charge in [0, 0.05) is 18.8 Å². The first-order chi connectivity index (χ1) is 13.5. The molecule has 2 fully saturated rings. The van der Waals surface area contributed by atoms with Gasteiger partial charge in [0.2, 0.25) is 11.8 Å². The van der Waals surface area contributed by atoms with Crippen molar-refractivity contribution in [3.8, 4) is 0 Å². The second-order valence-corrected chi connectivity index (χ2v) is 8.43. The lowest BCUT2D eigenvalue weighted by molar-refractivity contribution is -0.158. The molecule has 0 aromatic heterocycles. The lowest BCUT2D eigenvalue weighted by Crippen LogP contribution is -2.70. The molecule has 3 unspecified atom stereocenters. The summed E-state index contributed by atoms with van der Waals surface area (Å²) in [7, 11) is 0. The average Bonchev–Trinajstić information content (AvgIpc) is 2.92. The molecule has 3 atom stereocenters. The Kier molecular flexibility index (Phi) is 3.57. The van der Waals surface area contributed by atoms with Crippen molar-refractivity contribution in [3.63, 3.8) is 0 Å². The Hall–Kier alpha value is -2.88. The highest BCUT2D eigenvalue weighted by atomic mass is 16.2. The van der Waals surface area contributed by atoms with E-state index in [4.69, 9.17) is 0 Å². The molecule has 1 aliphatic carbocycles. The zero-order chi connectivity index (χ0) is 19.5. The monoisotopic (exact) mass is 372 g/mol. The Bertz CT molecular complexity index is 985. The Morgan fingerprint density at radius 3 is 2.54 bits per heavy atom. The molecule has 2 heterocycles. The third-order valence-corrected chi connectivity index (χ3v) is 7.07. The number of anilines is 1. The van der Waals surface area contributed by atoms with Crippen molar-refractivity contribution in [3.05, 3.63) is 78.4 Å². The maximum absolute atomic E-state index is 13.8. The average molecular weight is 372 g/mol. The van der Waals surface area contributed by atoms with Crippen LogP contribution in [-0.4, -0.2) is 29.8 Å². The summed E-state index contributed by atoms with van der Waals surface area (Å²) in [6.45, 7) is 7.57. The standard InChI is InChI=1S/C24H24N2O2/c1-3-13-25-16-18-14-23(2)21(27)26(15-17-9-5-4-6-10-17)20-12-8-7-11-19(20)24(18,23)22(25)28/h3-12,18H,1,13-16H2,2H3. The highest BCUT2D eigenvalue weighted by molar-refractivity contribution is 6.11. The smallest absolute Gasteiger partial charge is 0.235 e. The number of rotatable bonds is 4. The van der Waals surface area contributed by atoms with E-state index in [1.54, 1.807) is 6.08 Å². The van der Waals surface area contributed by atoms with Crippen LogP contribution < -0.4 is 4.90 Å². The minimum absolute atomic E-state index is 0.0695. The van der Waals surface area contributed by atoms with E-state index in [0.29, 0.717) is 19.6 Å². The van der Waals surface area contributed by atoms with Crippen LogP contribution in [0, 0.1) is 11.3 Å². The summed E-state index contributed by atoms with van der Waals surface area (Å²) in [4.78, 5) is 31.1. The van der Waals surface area contributed by atoms with Gasteiger partial charge in [0.15, 0.2) is 0 Å². The molecule has 0 bridgehead atoms.